The lowest BCUT2D eigenvalue weighted by molar-refractivity contribution is 0.148. The minimum atomic E-state index is -3.90. The predicted octanol–water partition coefficient (Wildman–Crippen LogP) is 2.10. The first-order valence-corrected chi connectivity index (χ1v) is 5.58. The van der Waals surface area contributed by atoms with Crippen LogP contribution in [0.25, 0.3) is 0 Å². The molecule has 0 fully saturated rings. The Hall–Kier alpha value is -1.24. The van der Waals surface area contributed by atoms with Gasteiger partial charge in [0.25, 0.3) is 6.43 Å². The van der Waals surface area contributed by atoms with E-state index in [1.165, 1.54) is 0 Å². The number of rotatable bonds is 3. The molecule has 0 aliphatic rings. The van der Waals surface area contributed by atoms with Crippen LogP contribution in [0.3, 0.4) is 0 Å². The van der Waals surface area contributed by atoms with Gasteiger partial charge in [-0.15, -0.1) is 0 Å². The molecule has 7 heteroatoms. The van der Waals surface area contributed by atoms with Crippen LogP contribution in [0.15, 0.2) is 18.2 Å². The standard InChI is InChI=1S/C8H7F3O3S/c1-15(12,13)14-7-3-2-5(9)4-6(7)8(10)11/h2-4,8H,1H3. The van der Waals surface area contributed by atoms with Gasteiger partial charge in [0.05, 0.1) is 11.8 Å². The smallest absolute Gasteiger partial charge is 0.306 e. The van der Waals surface area contributed by atoms with Crippen LogP contribution in [0.1, 0.15) is 12.0 Å². The van der Waals surface area contributed by atoms with Gasteiger partial charge in [-0.25, -0.2) is 13.2 Å². The van der Waals surface area contributed by atoms with Crippen molar-refractivity contribution in [3.05, 3.63) is 29.6 Å². The fraction of sp³-hybridized carbons (Fsp3) is 0.250. The van der Waals surface area contributed by atoms with Crippen LogP contribution < -0.4 is 4.18 Å². The van der Waals surface area contributed by atoms with Crippen molar-refractivity contribution in [2.45, 2.75) is 6.43 Å². The summed E-state index contributed by atoms with van der Waals surface area (Å²) in [6, 6.07) is 2.22. The Morgan fingerprint density at radius 3 is 2.40 bits per heavy atom. The zero-order valence-corrected chi connectivity index (χ0v) is 8.39. The third-order valence-electron chi connectivity index (χ3n) is 1.45. The van der Waals surface area contributed by atoms with E-state index < -0.39 is 33.7 Å². The molecule has 0 saturated carbocycles. The lowest BCUT2D eigenvalue weighted by Gasteiger charge is -2.08. The van der Waals surface area contributed by atoms with Crippen LogP contribution in [0.2, 0.25) is 0 Å². The van der Waals surface area contributed by atoms with Gasteiger partial charge in [-0.1, -0.05) is 0 Å². The monoisotopic (exact) mass is 240 g/mol. The lowest BCUT2D eigenvalue weighted by atomic mass is 10.2. The average Bonchev–Trinajstić information content (AvgIpc) is 2.05. The molecule has 1 rings (SSSR count). The van der Waals surface area contributed by atoms with Crippen molar-refractivity contribution in [2.24, 2.45) is 0 Å². The molecule has 0 aromatic heterocycles. The summed E-state index contributed by atoms with van der Waals surface area (Å²) in [6.45, 7) is 0. The fourth-order valence-electron chi connectivity index (χ4n) is 0.929. The highest BCUT2D eigenvalue weighted by atomic mass is 32.2. The first-order valence-electron chi connectivity index (χ1n) is 3.76. The van der Waals surface area contributed by atoms with Gasteiger partial charge in [-0.05, 0) is 18.2 Å². The quantitative estimate of drug-likeness (QED) is 0.760. The Morgan fingerprint density at radius 2 is 1.93 bits per heavy atom. The largest absolute Gasteiger partial charge is 0.382 e. The van der Waals surface area contributed by atoms with Crippen molar-refractivity contribution in [3.63, 3.8) is 0 Å². The molecule has 0 atom stereocenters. The molecule has 0 saturated heterocycles. The van der Waals surface area contributed by atoms with E-state index in [0.29, 0.717) is 12.3 Å². The van der Waals surface area contributed by atoms with Gasteiger partial charge in [0.15, 0.2) is 5.75 Å². The zero-order valence-electron chi connectivity index (χ0n) is 7.58. The number of alkyl halides is 2. The van der Waals surface area contributed by atoms with Crippen LogP contribution in [0.4, 0.5) is 13.2 Å². The molecule has 1 aromatic carbocycles. The van der Waals surface area contributed by atoms with E-state index >= 15 is 0 Å². The first kappa shape index (κ1) is 11.8. The Morgan fingerprint density at radius 1 is 1.33 bits per heavy atom. The molecule has 0 bridgehead atoms. The van der Waals surface area contributed by atoms with E-state index in [9.17, 15) is 21.6 Å². The molecule has 0 amide bonds. The van der Waals surface area contributed by atoms with Gasteiger partial charge < -0.3 is 4.18 Å². The topological polar surface area (TPSA) is 43.4 Å². The zero-order chi connectivity index (χ0) is 11.6. The predicted molar refractivity (Wildman–Crippen MR) is 46.8 cm³/mol. The van der Waals surface area contributed by atoms with Crippen molar-refractivity contribution in [3.8, 4) is 5.75 Å². The minimum absolute atomic E-state index is 0.533. The minimum Gasteiger partial charge on any atom is -0.382 e. The summed E-state index contributed by atoms with van der Waals surface area (Å²) in [5.41, 5.74) is -0.791. The van der Waals surface area contributed by atoms with Crippen LogP contribution in [0, 0.1) is 5.82 Å². The molecule has 0 radical (unpaired) electrons. The van der Waals surface area contributed by atoms with Crippen LogP contribution >= 0.6 is 0 Å². The van der Waals surface area contributed by atoms with E-state index in [1.807, 2.05) is 0 Å². The average molecular weight is 240 g/mol. The highest BCUT2D eigenvalue weighted by molar-refractivity contribution is 7.86. The molecule has 0 aliphatic heterocycles. The second-order valence-electron chi connectivity index (χ2n) is 2.77. The van der Waals surface area contributed by atoms with Gasteiger partial charge in [-0.2, -0.15) is 8.42 Å². The third-order valence-corrected chi connectivity index (χ3v) is 1.93. The summed E-state index contributed by atoms with van der Waals surface area (Å²) in [5, 5.41) is 0. The van der Waals surface area contributed by atoms with Crippen molar-refractivity contribution < 1.29 is 25.8 Å². The maximum atomic E-state index is 12.6. The highest BCUT2D eigenvalue weighted by Gasteiger charge is 2.18. The number of benzene rings is 1. The Balaban J connectivity index is 3.18. The lowest BCUT2D eigenvalue weighted by Crippen LogP contribution is -2.08. The molecule has 1 aromatic rings. The second-order valence-corrected chi connectivity index (χ2v) is 4.35. The SMILES string of the molecule is CS(=O)(=O)Oc1ccc(F)cc1C(F)F. The van der Waals surface area contributed by atoms with Gasteiger partial charge in [0.1, 0.15) is 5.82 Å². The van der Waals surface area contributed by atoms with Crippen molar-refractivity contribution >= 4 is 10.1 Å². The Kier molecular flexibility index (Phi) is 3.23. The summed E-state index contributed by atoms with van der Waals surface area (Å²) >= 11 is 0. The van der Waals surface area contributed by atoms with E-state index in [-0.39, 0.29) is 0 Å². The van der Waals surface area contributed by atoms with Crippen LogP contribution in [-0.4, -0.2) is 14.7 Å². The van der Waals surface area contributed by atoms with Gasteiger partial charge in [-0.3, -0.25) is 0 Å². The van der Waals surface area contributed by atoms with E-state index in [1.54, 1.807) is 0 Å². The van der Waals surface area contributed by atoms with Crippen LogP contribution in [-0.2, 0) is 10.1 Å². The summed E-state index contributed by atoms with van der Waals surface area (Å²) in [7, 11) is -3.90. The van der Waals surface area contributed by atoms with E-state index in [4.69, 9.17) is 0 Å². The molecule has 0 aliphatic carbocycles. The van der Waals surface area contributed by atoms with Gasteiger partial charge in [0, 0.05) is 0 Å². The number of halogens is 3. The van der Waals surface area contributed by atoms with Gasteiger partial charge >= 0.3 is 10.1 Å². The third kappa shape index (κ3) is 3.43. The van der Waals surface area contributed by atoms with Gasteiger partial charge in [0.2, 0.25) is 0 Å². The molecular formula is C8H7F3O3S. The van der Waals surface area contributed by atoms with Crippen molar-refractivity contribution in [1.82, 2.24) is 0 Å². The number of hydrogen-bond acceptors (Lipinski definition) is 3. The van der Waals surface area contributed by atoms with E-state index in [0.717, 1.165) is 12.1 Å². The highest BCUT2D eigenvalue weighted by Crippen LogP contribution is 2.30. The molecule has 15 heavy (non-hydrogen) atoms. The summed E-state index contributed by atoms with van der Waals surface area (Å²) < 4.78 is 63.0. The van der Waals surface area contributed by atoms with Crippen molar-refractivity contribution in [1.29, 1.82) is 0 Å². The fourth-order valence-corrected chi connectivity index (χ4v) is 1.41. The summed E-state index contributed by atoms with van der Waals surface area (Å²) in [6.07, 6.45) is -2.29. The normalized spacial score (nSPS) is 11.8. The van der Waals surface area contributed by atoms with Crippen molar-refractivity contribution in [2.75, 3.05) is 6.26 Å². The Labute approximate surface area is 84.6 Å². The van der Waals surface area contributed by atoms with Crippen LogP contribution in [0.5, 0.6) is 5.75 Å². The molecule has 0 unspecified atom stereocenters. The molecule has 0 N–H and O–H groups in total. The maximum Gasteiger partial charge on any atom is 0.306 e. The molecule has 0 spiro atoms. The molecular weight excluding hydrogens is 233 g/mol. The van der Waals surface area contributed by atoms with E-state index in [2.05, 4.69) is 4.18 Å². The summed E-state index contributed by atoms with van der Waals surface area (Å²) in [5.74, 6) is -1.44. The Bertz CT molecular complexity index is 456. The second kappa shape index (κ2) is 4.09. The molecule has 84 valence electrons. The molecule has 0 heterocycles. The summed E-state index contributed by atoms with van der Waals surface area (Å²) in [4.78, 5) is 0. The first-order chi connectivity index (χ1) is 6.79. The number of hydrogen-bond donors (Lipinski definition) is 0. The maximum absolute atomic E-state index is 12.6. The molecule has 3 nitrogen and oxygen atoms in total.